The molecule has 0 N–H and O–H groups in total. The number of para-hydroxylation sites is 4. The quantitative estimate of drug-likeness (QED) is 0.137. The fraction of sp³-hybridized carbons (Fsp3) is 0.188. The summed E-state index contributed by atoms with van der Waals surface area (Å²) in [6.07, 6.45) is -2.11. The Morgan fingerprint density at radius 2 is 0.675 bits per heavy atom. The van der Waals surface area contributed by atoms with E-state index in [0.29, 0.717) is 23.0 Å². The molecule has 0 fully saturated rings. The van der Waals surface area contributed by atoms with E-state index in [1.807, 2.05) is 72.8 Å². The summed E-state index contributed by atoms with van der Waals surface area (Å²) in [5.74, 6) is 1.07. The van der Waals surface area contributed by atoms with E-state index in [1.165, 1.54) is 0 Å². The molecule has 0 unspecified atom stereocenters. The zero-order chi connectivity index (χ0) is 27.8. The second-order valence-corrected chi connectivity index (χ2v) is 8.45. The summed E-state index contributed by atoms with van der Waals surface area (Å²) in [5.41, 5.74) is 0. The van der Waals surface area contributed by atoms with Gasteiger partial charge in [-0.1, -0.05) is 72.8 Å². The molecule has 0 radical (unpaired) electrons. The lowest BCUT2D eigenvalue weighted by Crippen LogP contribution is -2.31. The van der Waals surface area contributed by atoms with Gasteiger partial charge in [0.05, 0.1) is 12.8 Å². The number of esters is 2. The Morgan fingerprint density at radius 1 is 0.425 bits per heavy atom. The van der Waals surface area contributed by atoms with Crippen LogP contribution >= 0.6 is 0 Å². The summed E-state index contributed by atoms with van der Waals surface area (Å²) in [5, 5.41) is 0. The van der Waals surface area contributed by atoms with Gasteiger partial charge in [-0.05, 0) is 48.5 Å². The third-order valence-electron chi connectivity index (χ3n) is 5.34. The standard InChI is InChI=1S/C32H30O8/c33-29(35-23-31(37-25-13-5-1-6-14-25)38-26-15-7-2-8-16-26)21-22-30(34)36-24-32(39-27-17-9-3-10-18-27)40-28-19-11-4-12-20-28/h1-20,31-32H,21-24H2. The maximum atomic E-state index is 12.4. The highest BCUT2D eigenvalue weighted by Crippen LogP contribution is 2.18. The van der Waals surface area contributed by atoms with Gasteiger partial charge in [-0.3, -0.25) is 9.59 Å². The molecule has 0 aliphatic carbocycles. The van der Waals surface area contributed by atoms with E-state index < -0.39 is 24.5 Å². The van der Waals surface area contributed by atoms with Crippen molar-refractivity contribution in [1.29, 1.82) is 0 Å². The maximum absolute atomic E-state index is 12.4. The minimum Gasteiger partial charge on any atom is -0.458 e. The first kappa shape index (κ1) is 28.0. The molecule has 0 aromatic heterocycles. The Kier molecular flexibility index (Phi) is 10.8. The van der Waals surface area contributed by atoms with Crippen molar-refractivity contribution in [1.82, 2.24) is 0 Å². The Labute approximate surface area is 233 Å². The van der Waals surface area contributed by atoms with Crippen LogP contribution in [0.1, 0.15) is 12.8 Å². The van der Waals surface area contributed by atoms with E-state index in [-0.39, 0.29) is 26.1 Å². The maximum Gasteiger partial charge on any atom is 0.306 e. The molecule has 40 heavy (non-hydrogen) atoms. The molecule has 4 rings (SSSR count). The molecule has 0 aliphatic heterocycles. The Balaban J connectivity index is 1.24. The van der Waals surface area contributed by atoms with Crippen molar-refractivity contribution in [3.8, 4) is 23.0 Å². The molecular formula is C32H30O8. The number of ether oxygens (including phenoxy) is 6. The molecule has 0 heterocycles. The summed E-state index contributed by atoms with van der Waals surface area (Å²) in [4.78, 5) is 24.8. The number of hydrogen-bond donors (Lipinski definition) is 0. The molecule has 0 aliphatic rings. The molecule has 206 valence electrons. The minimum atomic E-state index is -0.883. The molecule has 8 heteroatoms. The zero-order valence-electron chi connectivity index (χ0n) is 21.8. The highest BCUT2D eigenvalue weighted by Gasteiger charge is 2.19. The first-order chi connectivity index (χ1) is 19.6. The number of rotatable bonds is 15. The van der Waals surface area contributed by atoms with E-state index in [4.69, 9.17) is 28.4 Å². The third kappa shape index (κ3) is 10.1. The largest absolute Gasteiger partial charge is 0.458 e. The van der Waals surface area contributed by atoms with Crippen LogP contribution in [0, 0.1) is 0 Å². The summed E-state index contributed by atoms with van der Waals surface area (Å²) < 4.78 is 34.0. The van der Waals surface area contributed by atoms with Gasteiger partial charge in [0.25, 0.3) is 12.6 Å². The van der Waals surface area contributed by atoms with Crippen LogP contribution in [0.15, 0.2) is 121 Å². The molecule has 0 atom stereocenters. The Hall–Kier alpha value is -4.98. The minimum absolute atomic E-state index is 0.171. The Morgan fingerprint density at radius 3 is 0.925 bits per heavy atom. The molecule has 0 spiro atoms. The van der Waals surface area contributed by atoms with Crippen LogP contribution in [-0.2, 0) is 19.1 Å². The van der Waals surface area contributed by atoms with Crippen LogP contribution < -0.4 is 18.9 Å². The van der Waals surface area contributed by atoms with Crippen LogP contribution in [0.2, 0.25) is 0 Å². The monoisotopic (exact) mass is 542 g/mol. The van der Waals surface area contributed by atoms with Crippen molar-refractivity contribution in [2.75, 3.05) is 13.2 Å². The van der Waals surface area contributed by atoms with Crippen molar-refractivity contribution in [3.05, 3.63) is 121 Å². The van der Waals surface area contributed by atoms with Gasteiger partial charge >= 0.3 is 11.9 Å². The molecule has 4 aromatic rings. The lowest BCUT2D eigenvalue weighted by molar-refractivity contribution is -0.158. The van der Waals surface area contributed by atoms with E-state index in [0.717, 1.165) is 0 Å². The predicted molar refractivity (Wildman–Crippen MR) is 147 cm³/mol. The number of carbonyl (C=O) groups is 2. The van der Waals surface area contributed by atoms with Crippen molar-refractivity contribution in [3.63, 3.8) is 0 Å². The first-order valence-corrected chi connectivity index (χ1v) is 12.8. The van der Waals surface area contributed by atoms with E-state index in [2.05, 4.69) is 0 Å². The average molecular weight is 543 g/mol. The van der Waals surface area contributed by atoms with E-state index in [9.17, 15) is 9.59 Å². The molecule has 0 saturated carbocycles. The van der Waals surface area contributed by atoms with Gasteiger partial charge in [0.1, 0.15) is 23.0 Å². The predicted octanol–water partition coefficient (Wildman–Crippen LogP) is 5.82. The summed E-state index contributed by atoms with van der Waals surface area (Å²) in [6, 6.07) is 36.3. The second kappa shape index (κ2) is 15.4. The van der Waals surface area contributed by atoms with Gasteiger partial charge in [-0.15, -0.1) is 0 Å². The van der Waals surface area contributed by atoms with Gasteiger partial charge < -0.3 is 28.4 Å². The SMILES string of the molecule is O=C(CCC(=O)OCC(Oc1ccccc1)Oc1ccccc1)OCC(Oc1ccccc1)Oc1ccccc1. The molecule has 0 amide bonds. The first-order valence-electron chi connectivity index (χ1n) is 12.8. The van der Waals surface area contributed by atoms with E-state index >= 15 is 0 Å². The Bertz CT molecular complexity index is 1100. The van der Waals surface area contributed by atoms with Crippen molar-refractivity contribution in [2.24, 2.45) is 0 Å². The van der Waals surface area contributed by atoms with Gasteiger partial charge in [-0.25, -0.2) is 0 Å². The van der Waals surface area contributed by atoms with E-state index in [1.54, 1.807) is 48.5 Å². The lowest BCUT2D eigenvalue weighted by Gasteiger charge is -2.21. The summed E-state index contributed by atoms with van der Waals surface area (Å²) in [6.45, 7) is -0.342. The highest BCUT2D eigenvalue weighted by molar-refractivity contribution is 5.77. The number of benzene rings is 4. The number of hydrogen-bond acceptors (Lipinski definition) is 8. The highest BCUT2D eigenvalue weighted by atomic mass is 16.7. The van der Waals surface area contributed by atoms with Crippen molar-refractivity contribution in [2.45, 2.75) is 25.4 Å². The smallest absolute Gasteiger partial charge is 0.306 e. The topological polar surface area (TPSA) is 89.5 Å². The summed E-state index contributed by atoms with van der Waals surface area (Å²) in [7, 11) is 0. The van der Waals surface area contributed by atoms with Gasteiger partial charge in [0.2, 0.25) is 0 Å². The lowest BCUT2D eigenvalue weighted by atomic mass is 10.3. The van der Waals surface area contributed by atoms with Gasteiger partial charge in [0.15, 0.2) is 13.2 Å². The van der Waals surface area contributed by atoms with Crippen molar-refractivity contribution >= 4 is 11.9 Å². The zero-order valence-corrected chi connectivity index (χ0v) is 21.8. The normalized spacial score (nSPS) is 10.6. The molecule has 4 aromatic carbocycles. The molecule has 0 bridgehead atoms. The second-order valence-electron chi connectivity index (χ2n) is 8.45. The number of carbonyl (C=O) groups excluding carboxylic acids is 2. The average Bonchev–Trinajstić information content (AvgIpc) is 2.99. The molecule has 0 saturated heterocycles. The van der Waals surface area contributed by atoms with Crippen molar-refractivity contribution < 1.29 is 38.0 Å². The van der Waals surface area contributed by atoms with Gasteiger partial charge in [0, 0.05) is 0 Å². The molecule has 8 nitrogen and oxygen atoms in total. The van der Waals surface area contributed by atoms with Crippen LogP contribution in [0.25, 0.3) is 0 Å². The fourth-order valence-corrected chi connectivity index (χ4v) is 3.46. The van der Waals surface area contributed by atoms with Gasteiger partial charge in [-0.2, -0.15) is 0 Å². The molecular weight excluding hydrogens is 512 g/mol. The fourth-order valence-electron chi connectivity index (χ4n) is 3.46. The summed E-state index contributed by atoms with van der Waals surface area (Å²) >= 11 is 0. The van der Waals surface area contributed by atoms with Crippen LogP contribution in [0.4, 0.5) is 0 Å². The third-order valence-corrected chi connectivity index (χ3v) is 5.34. The van der Waals surface area contributed by atoms with Crippen LogP contribution in [0.3, 0.4) is 0 Å². The van der Waals surface area contributed by atoms with Crippen LogP contribution in [0.5, 0.6) is 23.0 Å². The van der Waals surface area contributed by atoms with Crippen LogP contribution in [-0.4, -0.2) is 37.7 Å².